The standard InChI is InChI=1S/C25H26N6O2/c1-16-11-13-18(14-12-16)22-30-29-21(17-9-7-6-8-10-17)31(22)24-26-19(23(32)33-5)15-20(27-24)28-25(2,3)4/h6-15H,1-5H3,(H,26,27,28). The predicted molar refractivity (Wildman–Crippen MR) is 127 cm³/mol. The molecule has 168 valence electrons. The largest absolute Gasteiger partial charge is 0.464 e. The normalized spacial score (nSPS) is 11.3. The summed E-state index contributed by atoms with van der Waals surface area (Å²) in [5.74, 6) is 1.34. The molecule has 4 aromatic rings. The van der Waals surface area contributed by atoms with E-state index in [9.17, 15) is 4.79 Å². The zero-order valence-corrected chi connectivity index (χ0v) is 19.3. The highest BCUT2D eigenvalue weighted by Crippen LogP contribution is 2.28. The summed E-state index contributed by atoms with van der Waals surface area (Å²) in [7, 11) is 1.33. The molecule has 0 fully saturated rings. The Morgan fingerprint density at radius 1 is 0.909 bits per heavy atom. The van der Waals surface area contributed by atoms with Crippen LogP contribution in [0.1, 0.15) is 36.8 Å². The van der Waals surface area contributed by atoms with Gasteiger partial charge in [0, 0.05) is 22.7 Å². The van der Waals surface area contributed by atoms with Gasteiger partial charge in [-0.15, -0.1) is 10.2 Å². The first-order valence-electron chi connectivity index (χ1n) is 10.6. The van der Waals surface area contributed by atoms with Gasteiger partial charge in [-0.05, 0) is 27.7 Å². The van der Waals surface area contributed by atoms with Crippen molar-refractivity contribution in [1.82, 2.24) is 24.7 Å². The van der Waals surface area contributed by atoms with Crippen LogP contribution in [-0.2, 0) is 4.74 Å². The van der Waals surface area contributed by atoms with Crippen molar-refractivity contribution in [3.63, 3.8) is 0 Å². The summed E-state index contributed by atoms with van der Waals surface area (Å²) in [4.78, 5) is 21.7. The predicted octanol–water partition coefficient (Wildman–Crippen LogP) is 4.70. The third kappa shape index (κ3) is 4.90. The second-order valence-electron chi connectivity index (χ2n) is 8.72. The molecule has 0 aliphatic heterocycles. The zero-order chi connectivity index (χ0) is 23.6. The van der Waals surface area contributed by atoms with Gasteiger partial charge in [0.15, 0.2) is 17.3 Å². The maximum absolute atomic E-state index is 12.4. The molecule has 8 nitrogen and oxygen atoms in total. The lowest BCUT2D eigenvalue weighted by Gasteiger charge is -2.22. The highest BCUT2D eigenvalue weighted by molar-refractivity contribution is 5.88. The van der Waals surface area contributed by atoms with Crippen LogP contribution in [-0.4, -0.2) is 43.4 Å². The van der Waals surface area contributed by atoms with E-state index in [0.29, 0.717) is 17.5 Å². The third-order valence-electron chi connectivity index (χ3n) is 4.82. The Balaban J connectivity index is 1.98. The van der Waals surface area contributed by atoms with Gasteiger partial charge in [-0.2, -0.15) is 4.98 Å². The molecule has 0 spiro atoms. The number of anilines is 1. The highest BCUT2D eigenvalue weighted by atomic mass is 16.5. The van der Waals surface area contributed by atoms with Crippen molar-refractivity contribution in [2.75, 3.05) is 12.4 Å². The molecule has 2 aromatic carbocycles. The SMILES string of the molecule is COC(=O)c1cc(NC(C)(C)C)nc(-n2c(-c3ccccc3)nnc2-c2ccc(C)cc2)n1. The van der Waals surface area contributed by atoms with Gasteiger partial charge in [-0.1, -0.05) is 60.2 Å². The molecule has 8 heteroatoms. The number of rotatable bonds is 5. The monoisotopic (exact) mass is 442 g/mol. The van der Waals surface area contributed by atoms with E-state index in [-0.39, 0.29) is 17.2 Å². The lowest BCUT2D eigenvalue weighted by molar-refractivity contribution is 0.0593. The zero-order valence-electron chi connectivity index (χ0n) is 19.3. The van der Waals surface area contributed by atoms with Crippen LogP contribution in [0, 0.1) is 6.92 Å². The van der Waals surface area contributed by atoms with Gasteiger partial charge in [-0.3, -0.25) is 0 Å². The van der Waals surface area contributed by atoms with Crippen LogP contribution in [0.4, 0.5) is 5.82 Å². The molecule has 33 heavy (non-hydrogen) atoms. The minimum atomic E-state index is -0.554. The molecule has 0 atom stereocenters. The smallest absolute Gasteiger partial charge is 0.356 e. The van der Waals surface area contributed by atoms with Crippen molar-refractivity contribution in [3.8, 4) is 28.7 Å². The molecule has 2 aromatic heterocycles. The Bertz CT molecular complexity index is 1270. The topological polar surface area (TPSA) is 94.8 Å². The molecule has 4 rings (SSSR count). The quantitative estimate of drug-likeness (QED) is 0.448. The van der Waals surface area contributed by atoms with Crippen molar-refractivity contribution in [2.24, 2.45) is 0 Å². The van der Waals surface area contributed by atoms with E-state index in [2.05, 4.69) is 20.5 Å². The summed E-state index contributed by atoms with van der Waals surface area (Å²) in [5.41, 5.74) is 2.69. The number of methoxy groups -OCH3 is 1. The van der Waals surface area contributed by atoms with Crippen LogP contribution in [0.25, 0.3) is 28.7 Å². The summed E-state index contributed by atoms with van der Waals surface area (Å²) in [5, 5.41) is 12.2. The molecule has 0 unspecified atom stereocenters. The minimum absolute atomic E-state index is 0.136. The third-order valence-corrected chi connectivity index (χ3v) is 4.82. The van der Waals surface area contributed by atoms with Gasteiger partial charge in [0.25, 0.3) is 0 Å². The fourth-order valence-electron chi connectivity index (χ4n) is 3.33. The Morgan fingerprint density at radius 3 is 2.09 bits per heavy atom. The molecule has 0 saturated carbocycles. The molecular weight excluding hydrogens is 416 g/mol. The van der Waals surface area contributed by atoms with Crippen LogP contribution < -0.4 is 5.32 Å². The van der Waals surface area contributed by atoms with Crippen molar-refractivity contribution < 1.29 is 9.53 Å². The van der Waals surface area contributed by atoms with E-state index in [1.165, 1.54) is 7.11 Å². The van der Waals surface area contributed by atoms with Gasteiger partial charge in [0.1, 0.15) is 5.82 Å². The van der Waals surface area contributed by atoms with Crippen molar-refractivity contribution in [1.29, 1.82) is 0 Å². The number of benzene rings is 2. The van der Waals surface area contributed by atoms with Crippen molar-refractivity contribution in [3.05, 3.63) is 71.9 Å². The molecule has 0 radical (unpaired) electrons. The van der Waals surface area contributed by atoms with Gasteiger partial charge < -0.3 is 10.1 Å². The average Bonchev–Trinajstić information content (AvgIpc) is 3.23. The summed E-state index contributed by atoms with van der Waals surface area (Å²) in [6, 6.07) is 19.2. The summed E-state index contributed by atoms with van der Waals surface area (Å²) in [6.07, 6.45) is 0. The van der Waals surface area contributed by atoms with Crippen LogP contribution >= 0.6 is 0 Å². The Morgan fingerprint density at radius 2 is 1.52 bits per heavy atom. The van der Waals surface area contributed by atoms with Gasteiger partial charge >= 0.3 is 5.97 Å². The summed E-state index contributed by atoms with van der Waals surface area (Å²) < 4.78 is 6.70. The number of carbonyl (C=O) groups is 1. The number of ether oxygens (including phenoxy) is 1. The lowest BCUT2D eigenvalue weighted by Crippen LogP contribution is -2.27. The van der Waals surface area contributed by atoms with E-state index in [1.54, 1.807) is 10.6 Å². The molecule has 2 heterocycles. The highest BCUT2D eigenvalue weighted by Gasteiger charge is 2.23. The number of aryl methyl sites for hydroxylation is 1. The second-order valence-corrected chi connectivity index (χ2v) is 8.72. The summed E-state index contributed by atoms with van der Waals surface area (Å²) in [6.45, 7) is 8.06. The fourth-order valence-corrected chi connectivity index (χ4v) is 3.33. The minimum Gasteiger partial charge on any atom is -0.464 e. The first-order chi connectivity index (χ1) is 15.7. The number of carbonyl (C=O) groups excluding carboxylic acids is 1. The van der Waals surface area contributed by atoms with E-state index in [1.807, 2.05) is 82.3 Å². The van der Waals surface area contributed by atoms with Crippen LogP contribution in [0.2, 0.25) is 0 Å². The number of hydrogen-bond acceptors (Lipinski definition) is 7. The van der Waals surface area contributed by atoms with E-state index in [0.717, 1.165) is 16.7 Å². The number of aromatic nitrogens is 5. The van der Waals surface area contributed by atoms with Crippen LogP contribution in [0.15, 0.2) is 60.7 Å². The maximum atomic E-state index is 12.4. The number of hydrogen-bond donors (Lipinski definition) is 1. The van der Waals surface area contributed by atoms with Gasteiger partial charge in [0.05, 0.1) is 7.11 Å². The number of nitrogens with zero attached hydrogens (tertiary/aromatic N) is 5. The molecule has 0 aliphatic carbocycles. The second kappa shape index (κ2) is 8.82. The van der Waals surface area contributed by atoms with Crippen LogP contribution in [0.5, 0.6) is 0 Å². The average molecular weight is 443 g/mol. The van der Waals surface area contributed by atoms with Gasteiger partial charge in [-0.25, -0.2) is 14.3 Å². The van der Waals surface area contributed by atoms with E-state index < -0.39 is 5.97 Å². The Kier molecular flexibility index (Phi) is 5.91. The Labute approximate surface area is 192 Å². The number of nitrogens with one attached hydrogen (secondary N) is 1. The Hall–Kier alpha value is -4.07. The molecule has 0 saturated heterocycles. The van der Waals surface area contributed by atoms with Gasteiger partial charge in [0.2, 0.25) is 5.95 Å². The molecule has 0 bridgehead atoms. The molecular formula is C25H26N6O2. The maximum Gasteiger partial charge on any atom is 0.356 e. The number of esters is 1. The molecule has 0 amide bonds. The fraction of sp³-hybridized carbons (Fsp3) is 0.240. The summed E-state index contributed by atoms with van der Waals surface area (Å²) >= 11 is 0. The lowest BCUT2D eigenvalue weighted by atomic mass is 10.1. The van der Waals surface area contributed by atoms with Crippen molar-refractivity contribution >= 4 is 11.8 Å². The van der Waals surface area contributed by atoms with Crippen molar-refractivity contribution in [2.45, 2.75) is 33.2 Å². The van der Waals surface area contributed by atoms with E-state index >= 15 is 0 Å². The molecule has 1 N–H and O–H groups in total. The van der Waals surface area contributed by atoms with Crippen LogP contribution in [0.3, 0.4) is 0 Å². The van der Waals surface area contributed by atoms with E-state index in [4.69, 9.17) is 9.72 Å². The molecule has 0 aliphatic rings. The first kappa shape index (κ1) is 22.1. The first-order valence-corrected chi connectivity index (χ1v) is 10.6.